The van der Waals surface area contributed by atoms with E-state index in [0.717, 1.165) is 38.4 Å². The predicted octanol–water partition coefficient (Wildman–Crippen LogP) is 2.91. The van der Waals surface area contributed by atoms with Gasteiger partial charge in [-0.15, -0.1) is 0 Å². The molecule has 1 heterocycles. The SMILES string of the molecule is CC(C)(C)OC(=O)NCC1CN(CCCOc2ccccc2)C1. The molecule has 0 aliphatic carbocycles. The standard InChI is InChI=1S/C18H28N2O3/c1-18(2,3)23-17(21)19-12-15-13-20(14-15)10-7-11-22-16-8-5-4-6-9-16/h4-6,8-9,15H,7,10-14H2,1-3H3,(H,19,21). The molecular weight excluding hydrogens is 292 g/mol. The molecule has 23 heavy (non-hydrogen) atoms. The summed E-state index contributed by atoms with van der Waals surface area (Å²) in [4.78, 5) is 14.0. The minimum atomic E-state index is -0.436. The summed E-state index contributed by atoms with van der Waals surface area (Å²) in [5.41, 5.74) is -0.436. The Balaban J connectivity index is 1.48. The number of likely N-dealkylation sites (tertiary alicyclic amines) is 1. The van der Waals surface area contributed by atoms with Crippen molar-refractivity contribution in [3.63, 3.8) is 0 Å². The molecule has 0 radical (unpaired) electrons. The third kappa shape index (κ3) is 6.91. The zero-order valence-electron chi connectivity index (χ0n) is 14.4. The number of carbonyl (C=O) groups is 1. The summed E-state index contributed by atoms with van der Waals surface area (Å²) in [6.07, 6.45) is 0.688. The Bertz CT molecular complexity index is 479. The van der Waals surface area contributed by atoms with Gasteiger partial charge in [0.05, 0.1) is 6.61 Å². The normalized spacial score (nSPS) is 15.8. The topological polar surface area (TPSA) is 50.8 Å². The number of hydrogen-bond donors (Lipinski definition) is 1. The van der Waals surface area contributed by atoms with Gasteiger partial charge in [0.2, 0.25) is 0 Å². The van der Waals surface area contributed by atoms with Crippen LogP contribution in [0.5, 0.6) is 5.75 Å². The van der Waals surface area contributed by atoms with Gasteiger partial charge in [0.1, 0.15) is 11.4 Å². The highest BCUT2D eigenvalue weighted by molar-refractivity contribution is 5.67. The number of benzene rings is 1. The van der Waals surface area contributed by atoms with Gasteiger partial charge >= 0.3 is 6.09 Å². The van der Waals surface area contributed by atoms with Crippen molar-refractivity contribution < 1.29 is 14.3 Å². The average molecular weight is 320 g/mol. The summed E-state index contributed by atoms with van der Waals surface area (Å²) in [5.74, 6) is 1.45. The molecule has 2 rings (SSSR count). The number of ether oxygens (including phenoxy) is 2. The quantitative estimate of drug-likeness (QED) is 0.785. The van der Waals surface area contributed by atoms with Crippen LogP contribution in [0, 0.1) is 5.92 Å². The van der Waals surface area contributed by atoms with E-state index < -0.39 is 5.60 Å². The molecule has 1 aliphatic rings. The van der Waals surface area contributed by atoms with E-state index in [1.165, 1.54) is 0 Å². The van der Waals surface area contributed by atoms with Crippen LogP contribution in [0.25, 0.3) is 0 Å². The molecule has 0 bridgehead atoms. The second kappa shape index (κ2) is 8.20. The maximum Gasteiger partial charge on any atom is 0.407 e. The highest BCUT2D eigenvalue weighted by Gasteiger charge is 2.27. The third-order valence-corrected chi connectivity index (χ3v) is 3.60. The van der Waals surface area contributed by atoms with E-state index in [9.17, 15) is 4.79 Å². The number of alkyl carbamates (subject to hydrolysis) is 1. The lowest BCUT2D eigenvalue weighted by Crippen LogP contribution is -2.52. The van der Waals surface area contributed by atoms with Crippen molar-refractivity contribution in [2.45, 2.75) is 32.8 Å². The lowest BCUT2D eigenvalue weighted by molar-refractivity contribution is 0.0461. The molecule has 1 saturated heterocycles. The maximum atomic E-state index is 11.6. The Hall–Kier alpha value is -1.75. The molecule has 1 N–H and O–H groups in total. The van der Waals surface area contributed by atoms with Crippen molar-refractivity contribution in [1.82, 2.24) is 10.2 Å². The van der Waals surface area contributed by atoms with Gasteiger partial charge in [-0.1, -0.05) is 18.2 Å². The van der Waals surface area contributed by atoms with Crippen molar-refractivity contribution in [2.24, 2.45) is 5.92 Å². The Morgan fingerprint density at radius 3 is 2.61 bits per heavy atom. The zero-order valence-corrected chi connectivity index (χ0v) is 14.4. The van der Waals surface area contributed by atoms with Crippen LogP contribution >= 0.6 is 0 Å². The first-order valence-corrected chi connectivity index (χ1v) is 8.29. The molecule has 0 saturated carbocycles. The molecule has 5 nitrogen and oxygen atoms in total. The molecule has 0 atom stereocenters. The number of carbonyl (C=O) groups excluding carboxylic acids is 1. The first-order valence-electron chi connectivity index (χ1n) is 8.29. The monoisotopic (exact) mass is 320 g/mol. The molecule has 0 spiro atoms. The smallest absolute Gasteiger partial charge is 0.407 e. The summed E-state index contributed by atoms with van der Waals surface area (Å²) in [6, 6.07) is 9.89. The Morgan fingerprint density at radius 2 is 1.96 bits per heavy atom. The lowest BCUT2D eigenvalue weighted by Gasteiger charge is -2.39. The minimum Gasteiger partial charge on any atom is -0.494 e. The Morgan fingerprint density at radius 1 is 1.26 bits per heavy atom. The lowest BCUT2D eigenvalue weighted by atomic mass is 10.0. The van der Waals surface area contributed by atoms with Crippen molar-refractivity contribution in [3.05, 3.63) is 30.3 Å². The molecule has 128 valence electrons. The van der Waals surface area contributed by atoms with E-state index >= 15 is 0 Å². The molecule has 1 fully saturated rings. The van der Waals surface area contributed by atoms with E-state index in [2.05, 4.69) is 10.2 Å². The first-order chi connectivity index (χ1) is 10.9. The van der Waals surface area contributed by atoms with Crippen LogP contribution in [0.2, 0.25) is 0 Å². The summed E-state index contributed by atoms with van der Waals surface area (Å²) >= 11 is 0. The van der Waals surface area contributed by atoms with Gasteiger partial charge in [0.15, 0.2) is 0 Å². The zero-order chi connectivity index (χ0) is 16.7. The van der Waals surface area contributed by atoms with Crippen molar-refractivity contribution >= 4 is 6.09 Å². The molecule has 0 unspecified atom stereocenters. The van der Waals surface area contributed by atoms with Crippen LogP contribution in [0.3, 0.4) is 0 Å². The number of nitrogens with zero attached hydrogens (tertiary/aromatic N) is 1. The second-order valence-electron chi connectivity index (χ2n) is 7.02. The molecule has 1 amide bonds. The van der Waals surface area contributed by atoms with Gasteiger partial charge in [-0.2, -0.15) is 0 Å². The van der Waals surface area contributed by atoms with Gasteiger partial charge in [-0.3, -0.25) is 0 Å². The van der Waals surface area contributed by atoms with Crippen LogP contribution < -0.4 is 10.1 Å². The number of nitrogens with one attached hydrogen (secondary N) is 1. The fourth-order valence-electron chi connectivity index (χ4n) is 2.53. The number of rotatable bonds is 7. The number of amides is 1. The largest absolute Gasteiger partial charge is 0.494 e. The van der Waals surface area contributed by atoms with E-state index in [4.69, 9.17) is 9.47 Å². The van der Waals surface area contributed by atoms with Crippen molar-refractivity contribution in [3.8, 4) is 5.75 Å². The summed E-state index contributed by atoms with van der Waals surface area (Å²) in [6.45, 7) is 10.1. The van der Waals surface area contributed by atoms with E-state index in [1.807, 2.05) is 51.1 Å². The fraction of sp³-hybridized carbons (Fsp3) is 0.611. The van der Waals surface area contributed by atoms with Gasteiger partial charge in [0, 0.05) is 32.1 Å². The predicted molar refractivity (Wildman–Crippen MR) is 90.7 cm³/mol. The molecular formula is C18H28N2O3. The average Bonchev–Trinajstić information content (AvgIpc) is 2.43. The number of hydrogen-bond acceptors (Lipinski definition) is 4. The summed E-state index contributed by atoms with van der Waals surface area (Å²) < 4.78 is 10.9. The summed E-state index contributed by atoms with van der Waals surface area (Å²) in [7, 11) is 0. The van der Waals surface area contributed by atoms with E-state index in [1.54, 1.807) is 0 Å². The maximum absolute atomic E-state index is 11.6. The fourth-order valence-corrected chi connectivity index (χ4v) is 2.53. The highest BCUT2D eigenvalue weighted by Crippen LogP contribution is 2.15. The molecule has 1 aliphatic heterocycles. The molecule has 0 aromatic heterocycles. The van der Waals surface area contributed by atoms with Crippen LogP contribution in [-0.4, -0.2) is 49.4 Å². The molecule has 1 aromatic rings. The first kappa shape index (κ1) is 17.6. The molecule has 1 aromatic carbocycles. The van der Waals surface area contributed by atoms with Crippen LogP contribution in [0.15, 0.2) is 30.3 Å². The third-order valence-electron chi connectivity index (χ3n) is 3.60. The second-order valence-corrected chi connectivity index (χ2v) is 7.02. The van der Waals surface area contributed by atoms with Crippen LogP contribution in [0.1, 0.15) is 27.2 Å². The van der Waals surface area contributed by atoms with Gasteiger partial charge < -0.3 is 19.7 Å². The van der Waals surface area contributed by atoms with Gasteiger partial charge in [-0.25, -0.2) is 4.79 Å². The van der Waals surface area contributed by atoms with E-state index in [0.29, 0.717) is 12.5 Å². The minimum absolute atomic E-state index is 0.327. The summed E-state index contributed by atoms with van der Waals surface area (Å²) in [5, 5.41) is 2.84. The molecule has 5 heteroatoms. The van der Waals surface area contributed by atoms with Crippen molar-refractivity contribution in [1.29, 1.82) is 0 Å². The number of para-hydroxylation sites is 1. The van der Waals surface area contributed by atoms with Gasteiger partial charge in [-0.05, 0) is 39.3 Å². The van der Waals surface area contributed by atoms with E-state index in [-0.39, 0.29) is 6.09 Å². The Labute approximate surface area is 139 Å². The van der Waals surface area contributed by atoms with Crippen LogP contribution in [0.4, 0.5) is 4.79 Å². The highest BCUT2D eigenvalue weighted by atomic mass is 16.6. The Kier molecular flexibility index (Phi) is 6.28. The van der Waals surface area contributed by atoms with Gasteiger partial charge in [0.25, 0.3) is 0 Å². The van der Waals surface area contributed by atoms with Crippen molar-refractivity contribution in [2.75, 3.05) is 32.8 Å². The van der Waals surface area contributed by atoms with Crippen LogP contribution in [-0.2, 0) is 4.74 Å².